The van der Waals surface area contributed by atoms with E-state index in [-0.39, 0.29) is 19.0 Å². The maximum atomic E-state index is 11.9. The van der Waals surface area contributed by atoms with E-state index < -0.39 is 5.63 Å². The van der Waals surface area contributed by atoms with Crippen molar-refractivity contribution in [2.75, 3.05) is 0 Å². The number of aryl methyl sites for hydroxylation is 3. The van der Waals surface area contributed by atoms with Crippen LogP contribution in [0.25, 0.3) is 11.0 Å². The first-order valence-electron chi connectivity index (χ1n) is 7.75. The molecule has 0 aliphatic rings. The SMILES string of the molecule is Cc1cc2oc(=O)cc(COC(=O)CCc3ccco3)c2cc1C. The van der Waals surface area contributed by atoms with E-state index in [2.05, 4.69) is 0 Å². The number of fused-ring (bicyclic) bond motifs is 1. The minimum absolute atomic E-state index is 0.0432. The Bertz CT molecular complexity index is 919. The van der Waals surface area contributed by atoms with Gasteiger partial charge in [0.1, 0.15) is 18.0 Å². The van der Waals surface area contributed by atoms with Gasteiger partial charge in [0, 0.05) is 23.4 Å². The molecular formula is C19H18O5. The number of hydrogen-bond acceptors (Lipinski definition) is 5. The molecule has 0 N–H and O–H groups in total. The van der Waals surface area contributed by atoms with Gasteiger partial charge in [-0.05, 0) is 49.2 Å². The number of esters is 1. The van der Waals surface area contributed by atoms with Gasteiger partial charge in [-0.15, -0.1) is 0 Å². The first-order chi connectivity index (χ1) is 11.5. The molecule has 124 valence electrons. The molecule has 0 unspecified atom stereocenters. The molecule has 0 aliphatic carbocycles. The molecule has 5 nitrogen and oxygen atoms in total. The predicted molar refractivity (Wildman–Crippen MR) is 88.8 cm³/mol. The van der Waals surface area contributed by atoms with Gasteiger partial charge >= 0.3 is 11.6 Å². The van der Waals surface area contributed by atoms with Crippen molar-refractivity contribution >= 4 is 16.9 Å². The van der Waals surface area contributed by atoms with Gasteiger partial charge in [0.15, 0.2) is 0 Å². The van der Waals surface area contributed by atoms with Gasteiger partial charge in [-0.2, -0.15) is 0 Å². The highest BCUT2D eigenvalue weighted by Crippen LogP contribution is 2.22. The fourth-order valence-electron chi connectivity index (χ4n) is 2.51. The fourth-order valence-corrected chi connectivity index (χ4v) is 2.51. The molecule has 3 aromatic rings. The predicted octanol–water partition coefficient (Wildman–Crippen LogP) is 3.68. The van der Waals surface area contributed by atoms with Crippen LogP contribution in [-0.4, -0.2) is 5.97 Å². The van der Waals surface area contributed by atoms with E-state index in [1.807, 2.05) is 32.0 Å². The molecule has 0 fully saturated rings. The maximum Gasteiger partial charge on any atom is 0.336 e. The van der Waals surface area contributed by atoms with Crippen LogP contribution in [0.5, 0.6) is 0 Å². The zero-order chi connectivity index (χ0) is 17.1. The van der Waals surface area contributed by atoms with Gasteiger partial charge in [-0.3, -0.25) is 4.79 Å². The summed E-state index contributed by atoms with van der Waals surface area (Å²) in [5.41, 5.74) is 2.83. The van der Waals surface area contributed by atoms with E-state index in [1.165, 1.54) is 6.07 Å². The zero-order valence-electron chi connectivity index (χ0n) is 13.6. The Labute approximate surface area is 138 Å². The lowest BCUT2D eigenvalue weighted by molar-refractivity contribution is -0.144. The second kappa shape index (κ2) is 6.74. The Hall–Kier alpha value is -2.82. The monoisotopic (exact) mass is 326 g/mol. The number of hydrogen-bond donors (Lipinski definition) is 0. The summed E-state index contributed by atoms with van der Waals surface area (Å²) in [4.78, 5) is 23.6. The summed E-state index contributed by atoms with van der Waals surface area (Å²) in [7, 11) is 0. The summed E-state index contributed by atoms with van der Waals surface area (Å²) in [6, 6.07) is 8.74. The topological polar surface area (TPSA) is 69.7 Å². The highest BCUT2D eigenvalue weighted by molar-refractivity contribution is 5.82. The number of ether oxygens (including phenoxy) is 1. The number of furan rings is 1. The van der Waals surface area contributed by atoms with E-state index in [1.54, 1.807) is 12.3 Å². The quantitative estimate of drug-likeness (QED) is 0.528. The molecule has 0 aliphatic heterocycles. The minimum atomic E-state index is -0.451. The maximum absolute atomic E-state index is 11.9. The molecule has 0 spiro atoms. The van der Waals surface area contributed by atoms with E-state index in [9.17, 15) is 9.59 Å². The second-order valence-electron chi connectivity index (χ2n) is 5.76. The largest absolute Gasteiger partial charge is 0.469 e. The second-order valence-corrected chi connectivity index (χ2v) is 5.76. The molecule has 3 rings (SSSR count). The van der Waals surface area contributed by atoms with Gasteiger partial charge in [-0.25, -0.2) is 4.79 Å². The van der Waals surface area contributed by atoms with Crippen LogP contribution in [0.15, 0.2) is 50.2 Å². The summed E-state index contributed by atoms with van der Waals surface area (Å²) >= 11 is 0. The molecule has 1 aromatic carbocycles. The molecule has 5 heteroatoms. The molecule has 0 amide bonds. The van der Waals surface area contributed by atoms with Gasteiger partial charge < -0.3 is 13.6 Å². The third-order valence-corrected chi connectivity index (χ3v) is 3.99. The standard InChI is InChI=1S/C19H18O5/c1-12-8-16-14(10-19(21)24-17(16)9-13(12)2)11-23-18(20)6-5-15-4-3-7-22-15/h3-4,7-10H,5-6,11H2,1-2H3. The molecule has 0 bridgehead atoms. The van der Waals surface area contributed by atoms with Crippen molar-refractivity contribution in [1.29, 1.82) is 0 Å². The average molecular weight is 326 g/mol. The summed E-state index contributed by atoms with van der Waals surface area (Å²) in [5, 5.41) is 0.788. The van der Waals surface area contributed by atoms with Crippen molar-refractivity contribution in [3.05, 3.63) is 69.5 Å². The summed E-state index contributed by atoms with van der Waals surface area (Å²) < 4.78 is 15.7. The third kappa shape index (κ3) is 3.56. The van der Waals surface area contributed by atoms with Crippen molar-refractivity contribution in [1.82, 2.24) is 0 Å². The van der Waals surface area contributed by atoms with Gasteiger partial charge in [0.05, 0.1) is 12.7 Å². The highest BCUT2D eigenvalue weighted by atomic mass is 16.5. The Morgan fingerprint density at radius 2 is 1.96 bits per heavy atom. The normalized spacial score (nSPS) is 10.9. The Morgan fingerprint density at radius 3 is 2.71 bits per heavy atom. The first kappa shape index (κ1) is 16.1. The molecule has 2 aromatic heterocycles. The smallest absolute Gasteiger partial charge is 0.336 e. The number of rotatable bonds is 5. The molecule has 0 radical (unpaired) electrons. The van der Waals surface area contributed by atoms with Crippen molar-refractivity contribution < 1.29 is 18.4 Å². The summed E-state index contributed by atoms with van der Waals surface area (Å²) in [5.74, 6) is 0.403. The number of carbonyl (C=O) groups excluding carboxylic acids is 1. The average Bonchev–Trinajstić information content (AvgIpc) is 3.06. The van der Waals surface area contributed by atoms with Crippen LogP contribution in [0.4, 0.5) is 0 Å². The molecular weight excluding hydrogens is 308 g/mol. The molecule has 24 heavy (non-hydrogen) atoms. The van der Waals surface area contributed by atoms with Crippen LogP contribution in [0, 0.1) is 13.8 Å². The third-order valence-electron chi connectivity index (χ3n) is 3.99. The summed E-state index contributed by atoms with van der Waals surface area (Å²) in [6.07, 6.45) is 2.28. The fraction of sp³-hybridized carbons (Fsp3) is 0.263. The lowest BCUT2D eigenvalue weighted by Gasteiger charge is -2.09. The lowest BCUT2D eigenvalue weighted by Crippen LogP contribution is -2.08. The molecule has 0 saturated heterocycles. The van der Waals surface area contributed by atoms with Crippen molar-refractivity contribution in [2.45, 2.75) is 33.3 Å². The van der Waals surface area contributed by atoms with Crippen LogP contribution in [0.2, 0.25) is 0 Å². The van der Waals surface area contributed by atoms with Gasteiger partial charge in [0.2, 0.25) is 0 Å². The molecule has 2 heterocycles. The highest BCUT2D eigenvalue weighted by Gasteiger charge is 2.11. The van der Waals surface area contributed by atoms with Crippen LogP contribution in [-0.2, 0) is 22.6 Å². The minimum Gasteiger partial charge on any atom is -0.469 e. The van der Waals surface area contributed by atoms with Crippen LogP contribution in [0.1, 0.15) is 28.9 Å². The number of benzene rings is 1. The van der Waals surface area contributed by atoms with E-state index in [0.717, 1.165) is 22.3 Å². The Balaban J connectivity index is 1.73. The Morgan fingerprint density at radius 1 is 1.17 bits per heavy atom. The lowest BCUT2D eigenvalue weighted by atomic mass is 10.0. The Kier molecular flexibility index (Phi) is 4.51. The first-order valence-corrected chi connectivity index (χ1v) is 7.75. The molecule has 0 saturated carbocycles. The van der Waals surface area contributed by atoms with Crippen molar-refractivity contribution in [2.24, 2.45) is 0 Å². The number of carbonyl (C=O) groups is 1. The van der Waals surface area contributed by atoms with Crippen LogP contribution >= 0.6 is 0 Å². The molecule has 0 atom stereocenters. The van der Waals surface area contributed by atoms with Crippen molar-refractivity contribution in [3.8, 4) is 0 Å². The van der Waals surface area contributed by atoms with E-state index in [4.69, 9.17) is 13.6 Å². The van der Waals surface area contributed by atoms with Crippen molar-refractivity contribution in [3.63, 3.8) is 0 Å². The van der Waals surface area contributed by atoms with Gasteiger partial charge in [0.25, 0.3) is 0 Å². The van der Waals surface area contributed by atoms with E-state index in [0.29, 0.717) is 17.6 Å². The van der Waals surface area contributed by atoms with Gasteiger partial charge in [-0.1, -0.05) is 0 Å². The van der Waals surface area contributed by atoms with Crippen LogP contribution in [0.3, 0.4) is 0 Å². The zero-order valence-corrected chi connectivity index (χ0v) is 13.6. The summed E-state index contributed by atoms with van der Waals surface area (Å²) in [6.45, 7) is 3.98. The van der Waals surface area contributed by atoms with E-state index >= 15 is 0 Å². The van der Waals surface area contributed by atoms with Crippen LogP contribution < -0.4 is 5.63 Å².